The van der Waals surface area contributed by atoms with Crippen LogP contribution in [0.3, 0.4) is 0 Å². The summed E-state index contributed by atoms with van der Waals surface area (Å²) in [6.45, 7) is 2.48. The van der Waals surface area contributed by atoms with E-state index in [4.69, 9.17) is 9.47 Å². The molecule has 0 aliphatic heterocycles. The molecule has 0 saturated carbocycles. The number of hydrogen-bond donors (Lipinski definition) is 1. The summed E-state index contributed by atoms with van der Waals surface area (Å²) in [7, 11) is 1.59. The van der Waals surface area contributed by atoms with Gasteiger partial charge in [0.1, 0.15) is 6.61 Å². The number of para-hydroxylation sites is 1. The molecule has 0 fully saturated rings. The van der Waals surface area contributed by atoms with Crippen LogP contribution in [0, 0.1) is 6.92 Å². The van der Waals surface area contributed by atoms with Gasteiger partial charge in [0, 0.05) is 11.3 Å². The number of hydrazone groups is 1. The summed E-state index contributed by atoms with van der Waals surface area (Å²) in [6, 6.07) is 33.4. The Morgan fingerprint density at radius 3 is 2.39 bits per heavy atom. The molecule has 206 valence electrons. The number of aromatic nitrogens is 3. The third-order valence-electron chi connectivity index (χ3n) is 6.12. The summed E-state index contributed by atoms with van der Waals surface area (Å²) in [5.74, 6) is 1.77. The maximum atomic E-state index is 12.6. The normalized spacial score (nSPS) is 11.0. The zero-order chi connectivity index (χ0) is 28.4. The number of nitrogens with zero attached hydrogens (tertiary/aromatic N) is 4. The van der Waals surface area contributed by atoms with Crippen molar-refractivity contribution in [3.8, 4) is 28.6 Å². The smallest absolute Gasteiger partial charge is 0.250 e. The highest BCUT2D eigenvalue weighted by molar-refractivity contribution is 7.99. The maximum Gasteiger partial charge on any atom is 0.250 e. The van der Waals surface area contributed by atoms with E-state index in [9.17, 15) is 4.79 Å². The van der Waals surface area contributed by atoms with Gasteiger partial charge in [-0.25, -0.2) is 5.43 Å². The lowest BCUT2D eigenvalue weighted by Crippen LogP contribution is -2.20. The quantitative estimate of drug-likeness (QED) is 0.119. The molecule has 9 heteroatoms. The van der Waals surface area contributed by atoms with Crippen LogP contribution in [0.2, 0.25) is 0 Å². The van der Waals surface area contributed by atoms with Crippen LogP contribution in [0.15, 0.2) is 113 Å². The minimum atomic E-state index is -0.263. The van der Waals surface area contributed by atoms with Gasteiger partial charge < -0.3 is 9.47 Å². The third kappa shape index (κ3) is 7.20. The molecular formula is C32H29N5O3S. The standard InChI is InChI=1S/C32H29N5O3S/c1-23-13-16-26(17-14-23)31-35-36-32(37(31)27-11-7-4-8-12-27)41-22-30(38)34-33-20-25-15-18-28(29(19-25)39-2)40-21-24-9-5-3-6-10-24/h3-20H,21-22H2,1-2H3,(H,34,38)/b33-20+. The lowest BCUT2D eigenvalue weighted by Gasteiger charge is -2.11. The monoisotopic (exact) mass is 563 g/mol. The number of aryl methyl sites for hydroxylation is 1. The summed E-state index contributed by atoms with van der Waals surface area (Å²) in [6.07, 6.45) is 1.56. The van der Waals surface area contributed by atoms with Gasteiger partial charge in [-0.05, 0) is 48.4 Å². The summed E-state index contributed by atoms with van der Waals surface area (Å²) < 4.78 is 13.3. The van der Waals surface area contributed by atoms with Crippen LogP contribution in [-0.4, -0.2) is 39.7 Å². The van der Waals surface area contributed by atoms with Gasteiger partial charge in [0.2, 0.25) is 0 Å². The molecule has 0 radical (unpaired) electrons. The van der Waals surface area contributed by atoms with E-state index in [2.05, 4.69) is 20.7 Å². The Kier molecular flexibility index (Phi) is 9.08. The first-order valence-corrected chi connectivity index (χ1v) is 14.0. The van der Waals surface area contributed by atoms with Gasteiger partial charge in [-0.15, -0.1) is 10.2 Å². The molecular weight excluding hydrogens is 534 g/mol. The third-order valence-corrected chi connectivity index (χ3v) is 7.05. The van der Waals surface area contributed by atoms with Crippen molar-refractivity contribution in [2.75, 3.05) is 12.9 Å². The molecule has 41 heavy (non-hydrogen) atoms. The number of ether oxygens (including phenoxy) is 2. The molecule has 0 aliphatic rings. The molecule has 0 aliphatic carbocycles. The fraction of sp³-hybridized carbons (Fsp3) is 0.125. The van der Waals surface area contributed by atoms with Crippen LogP contribution in [0.1, 0.15) is 16.7 Å². The number of thioether (sulfide) groups is 1. The highest BCUT2D eigenvalue weighted by Crippen LogP contribution is 2.29. The van der Waals surface area contributed by atoms with Gasteiger partial charge in [-0.3, -0.25) is 9.36 Å². The van der Waals surface area contributed by atoms with Crippen molar-refractivity contribution in [1.82, 2.24) is 20.2 Å². The molecule has 1 N–H and O–H groups in total. The molecule has 0 bridgehead atoms. The van der Waals surface area contributed by atoms with Crippen molar-refractivity contribution in [2.24, 2.45) is 5.10 Å². The minimum Gasteiger partial charge on any atom is -0.493 e. The summed E-state index contributed by atoms with van der Waals surface area (Å²) >= 11 is 1.29. The Hall–Kier alpha value is -4.89. The van der Waals surface area contributed by atoms with Gasteiger partial charge in [0.15, 0.2) is 22.5 Å². The lowest BCUT2D eigenvalue weighted by atomic mass is 10.1. The van der Waals surface area contributed by atoms with Crippen molar-refractivity contribution in [3.05, 3.63) is 120 Å². The second-order valence-corrected chi connectivity index (χ2v) is 10.1. The van der Waals surface area contributed by atoms with Gasteiger partial charge in [-0.1, -0.05) is 90.1 Å². The molecule has 0 spiro atoms. The van der Waals surface area contributed by atoms with E-state index in [-0.39, 0.29) is 11.7 Å². The van der Waals surface area contributed by atoms with Crippen molar-refractivity contribution >= 4 is 23.9 Å². The number of carbonyl (C=O) groups excluding carboxylic acids is 1. The van der Waals surface area contributed by atoms with E-state index in [0.29, 0.717) is 29.1 Å². The number of benzene rings is 4. The van der Waals surface area contributed by atoms with Crippen LogP contribution in [0.25, 0.3) is 17.1 Å². The van der Waals surface area contributed by atoms with Crippen molar-refractivity contribution in [2.45, 2.75) is 18.7 Å². The largest absolute Gasteiger partial charge is 0.493 e. The number of methoxy groups -OCH3 is 1. The summed E-state index contributed by atoms with van der Waals surface area (Å²) in [5.41, 5.74) is 7.43. The average Bonchev–Trinajstić information content (AvgIpc) is 3.44. The van der Waals surface area contributed by atoms with Crippen LogP contribution in [-0.2, 0) is 11.4 Å². The van der Waals surface area contributed by atoms with Crippen LogP contribution in [0.4, 0.5) is 0 Å². The van der Waals surface area contributed by atoms with E-state index < -0.39 is 0 Å². The van der Waals surface area contributed by atoms with Crippen LogP contribution < -0.4 is 14.9 Å². The zero-order valence-electron chi connectivity index (χ0n) is 22.7. The molecule has 0 atom stereocenters. The lowest BCUT2D eigenvalue weighted by molar-refractivity contribution is -0.118. The molecule has 5 aromatic rings. The molecule has 0 unspecified atom stereocenters. The van der Waals surface area contributed by atoms with Gasteiger partial charge in [0.05, 0.1) is 19.1 Å². The summed E-state index contributed by atoms with van der Waals surface area (Å²) in [5, 5.41) is 13.5. The highest BCUT2D eigenvalue weighted by atomic mass is 32.2. The van der Waals surface area contributed by atoms with E-state index in [1.807, 2.05) is 109 Å². The second kappa shape index (κ2) is 13.5. The van der Waals surface area contributed by atoms with Gasteiger partial charge in [0.25, 0.3) is 5.91 Å². The Morgan fingerprint density at radius 1 is 0.927 bits per heavy atom. The SMILES string of the molecule is COc1cc(/C=N/NC(=O)CSc2nnc(-c3ccc(C)cc3)n2-c2ccccc2)ccc1OCc1ccccc1. The topological polar surface area (TPSA) is 90.6 Å². The average molecular weight is 564 g/mol. The molecule has 1 amide bonds. The van der Waals surface area contributed by atoms with E-state index >= 15 is 0 Å². The molecule has 0 saturated heterocycles. The Labute approximate surface area is 243 Å². The number of rotatable bonds is 11. The fourth-order valence-corrected chi connectivity index (χ4v) is 4.77. The minimum absolute atomic E-state index is 0.117. The Morgan fingerprint density at radius 2 is 1.66 bits per heavy atom. The number of nitrogens with one attached hydrogen (secondary N) is 1. The van der Waals surface area contributed by atoms with Crippen LogP contribution in [0.5, 0.6) is 11.5 Å². The first-order chi connectivity index (χ1) is 20.1. The number of carbonyl (C=O) groups is 1. The van der Waals surface area contributed by atoms with Crippen LogP contribution >= 0.6 is 11.8 Å². The van der Waals surface area contributed by atoms with Crippen molar-refractivity contribution in [3.63, 3.8) is 0 Å². The molecule has 1 heterocycles. The Bertz CT molecular complexity index is 1620. The Balaban J connectivity index is 1.21. The molecule has 1 aromatic heterocycles. The van der Waals surface area contributed by atoms with Crippen molar-refractivity contribution in [1.29, 1.82) is 0 Å². The van der Waals surface area contributed by atoms with Gasteiger partial charge in [-0.2, -0.15) is 5.10 Å². The molecule has 8 nitrogen and oxygen atoms in total. The number of hydrogen-bond acceptors (Lipinski definition) is 7. The summed E-state index contributed by atoms with van der Waals surface area (Å²) in [4.78, 5) is 12.6. The van der Waals surface area contributed by atoms with Gasteiger partial charge >= 0.3 is 0 Å². The fourth-order valence-electron chi connectivity index (χ4n) is 4.02. The molecule has 5 rings (SSSR count). The van der Waals surface area contributed by atoms with Crippen molar-refractivity contribution < 1.29 is 14.3 Å². The zero-order valence-corrected chi connectivity index (χ0v) is 23.5. The van der Waals surface area contributed by atoms with E-state index in [1.165, 1.54) is 11.8 Å². The molecule has 4 aromatic carbocycles. The highest BCUT2D eigenvalue weighted by Gasteiger charge is 2.17. The first-order valence-electron chi connectivity index (χ1n) is 13.0. The van der Waals surface area contributed by atoms with E-state index in [0.717, 1.165) is 27.9 Å². The maximum absolute atomic E-state index is 12.6. The predicted molar refractivity (Wildman–Crippen MR) is 162 cm³/mol. The number of amides is 1. The van der Waals surface area contributed by atoms with E-state index in [1.54, 1.807) is 19.4 Å². The first kappa shape index (κ1) is 27.7. The second-order valence-electron chi connectivity index (χ2n) is 9.11. The predicted octanol–water partition coefficient (Wildman–Crippen LogP) is 6.07.